The van der Waals surface area contributed by atoms with Gasteiger partial charge in [-0.3, -0.25) is 0 Å². The van der Waals surface area contributed by atoms with E-state index in [0.29, 0.717) is 5.82 Å². The normalized spacial score (nSPS) is 9.40. The lowest BCUT2D eigenvalue weighted by molar-refractivity contribution is 0.889. The van der Waals surface area contributed by atoms with Crippen molar-refractivity contribution in [1.82, 2.24) is 15.2 Å². The number of aromatic nitrogens is 3. The highest BCUT2D eigenvalue weighted by molar-refractivity contribution is 5.30. The minimum absolute atomic E-state index is 0.425. The van der Waals surface area contributed by atoms with Gasteiger partial charge in [-0.2, -0.15) is 10.1 Å². The summed E-state index contributed by atoms with van der Waals surface area (Å²) in [7, 11) is 3.59. The minimum atomic E-state index is -0.425. The van der Waals surface area contributed by atoms with E-state index in [2.05, 4.69) is 15.2 Å². The van der Waals surface area contributed by atoms with E-state index in [-0.39, 0.29) is 0 Å². The van der Waals surface area contributed by atoms with Crippen LogP contribution in [0.2, 0.25) is 0 Å². The second-order valence-corrected chi connectivity index (χ2v) is 2.04. The molecule has 5 nitrogen and oxygen atoms in total. The Hall–Kier alpha value is -1.39. The van der Waals surface area contributed by atoms with Gasteiger partial charge in [0.2, 0.25) is 0 Å². The largest absolute Gasteiger partial charge is 0.363 e. The highest BCUT2D eigenvalue weighted by Crippen LogP contribution is 1.96. The number of H-pyrrole nitrogens is 1. The molecule has 0 aliphatic heterocycles. The Morgan fingerprint density at radius 2 is 2.30 bits per heavy atom. The highest BCUT2D eigenvalue weighted by atomic mass is 16.1. The maximum absolute atomic E-state index is 10.5. The SMILES string of the molecule is CN(C)c1cn[nH]c(=O)n1. The number of hydrogen-bond donors (Lipinski definition) is 1. The van der Waals surface area contributed by atoms with E-state index in [1.165, 1.54) is 6.20 Å². The van der Waals surface area contributed by atoms with Crippen molar-refractivity contribution in [2.45, 2.75) is 0 Å². The molecule has 0 bridgehead atoms. The van der Waals surface area contributed by atoms with Crippen LogP contribution in [0.1, 0.15) is 0 Å². The minimum Gasteiger partial charge on any atom is -0.361 e. The summed E-state index contributed by atoms with van der Waals surface area (Å²) >= 11 is 0. The van der Waals surface area contributed by atoms with E-state index in [9.17, 15) is 4.79 Å². The van der Waals surface area contributed by atoms with Gasteiger partial charge in [-0.25, -0.2) is 9.89 Å². The average Bonchev–Trinajstić information content (AvgIpc) is 1.88. The summed E-state index contributed by atoms with van der Waals surface area (Å²) in [6.07, 6.45) is 1.49. The van der Waals surface area contributed by atoms with Crippen LogP contribution in [0.25, 0.3) is 0 Å². The van der Waals surface area contributed by atoms with Crippen LogP contribution in [-0.4, -0.2) is 29.3 Å². The first-order valence-corrected chi connectivity index (χ1v) is 2.79. The zero-order valence-electron chi connectivity index (χ0n) is 5.83. The quantitative estimate of drug-likeness (QED) is 0.556. The Balaban J connectivity index is 3.07. The third kappa shape index (κ3) is 1.31. The van der Waals surface area contributed by atoms with E-state index < -0.39 is 5.69 Å². The molecule has 0 aliphatic rings. The first-order valence-electron chi connectivity index (χ1n) is 2.79. The Kier molecular flexibility index (Phi) is 1.66. The van der Waals surface area contributed by atoms with Crippen LogP contribution in [0.15, 0.2) is 11.0 Å². The molecule has 0 unspecified atom stereocenters. The summed E-state index contributed by atoms with van der Waals surface area (Å²) in [5.41, 5.74) is -0.425. The zero-order valence-corrected chi connectivity index (χ0v) is 5.83. The maximum Gasteiger partial charge on any atom is 0.363 e. The van der Waals surface area contributed by atoms with Gasteiger partial charge in [0, 0.05) is 14.1 Å². The Bertz CT molecular complexity index is 266. The predicted molar refractivity (Wildman–Crippen MR) is 37.0 cm³/mol. The molecule has 0 amide bonds. The molecule has 1 heterocycles. The summed E-state index contributed by atoms with van der Waals surface area (Å²) < 4.78 is 0. The van der Waals surface area contributed by atoms with E-state index in [0.717, 1.165) is 0 Å². The van der Waals surface area contributed by atoms with Crippen molar-refractivity contribution in [3.8, 4) is 0 Å². The fraction of sp³-hybridized carbons (Fsp3) is 0.400. The van der Waals surface area contributed by atoms with Gasteiger partial charge < -0.3 is 4.90 Å². The fourth-order valence-corrected chi connectivity index (χ4v) is 0.519. The average molecular weight is 140 g/mol. The van der Waals surface area contributed by atoms with Crippen LogP contribution in [0.4, 0.5) is 5.82 Å². The first kappa shape index (κ1) is 6.73. The second kappa shape index (κ2) is 2.47. The van der Waals surface area contributed by atoms with Crippen molar-refractivity contribution >= 4 is 5.82 Å². The van der Waals surface area contributed by atoms with Crippen LogP contribution in [0.3, 0.4) is 0 Å². The van der Waals surface area contributed by atoms with Gasteiger partial charge in [-0.05, 0) is 0 Å². The third-order valence-electron chi connectivity index (χ3n) is 1.01. The number of nitrogens with one attached hydrogen (secondary N) is 1. The van der Waals surface area contributed by atoms with Gasteiger partial charge in [-0.15, -0.1) is 0 Å². The molecule has 0 fully saturated rings. The molecule has 0 radical (unpaired) electrons. The Labute approximate surface area is 57.7 Å². The van der Waals surface area contributed by atoms with Crippen molar-refractivity contribution in [1.29, 1.82) is 0 Å². The summed E-state index contributed by atoms with van der Waals surface area (Å²) in [5.74, 6) is 0.559. The van der Waals surface area contributed by atoms with E-state index >= 15 is 0 Å². The van der Waals surface area contributed by atoms with E-state index in [1.807, 2.05) is 0 Å². The maximum atomic E-state index is 10.5. The van der Waals surface area contributed by atoms with Gasteiger partial charge in [0.15, 0.2) is 5.82 Å². The van der Waals surface area contributed by atoms with Gasteiger partial charge in [0.1, 0.15) is 0 Å². The Morgan fingerprint density at radius 1 is 1.60 bits per heavy atom. The van der Waals surface area contributed by atoms with Gasteiger partial charge in [0.25, 0.3) is 0 Å². The van der Waals surface area contributed by atoms with Crippen LogP contribution >= 0.6 is 0 Å². The molecule has 54 valence electrons. The summed E-state index contributed by atoms with van der Waals surface area (Å²) in [4.78, 5) is 15.9. The number of anilines is 1. The number of hydrogen-bond acceptors (Lipinski definition) is 4. The number of nitrogens with zero attached hydrogens (tertiary/aromatic N) is 3. The smallest absolute Gasteiger partial charge is 0.361 e. The zero-order chi connectivity index (χ0) is 7.56. The molecule has 1 aromatic heterocycles. The lowest BCUT2D eigenvalue weighted by atomic mass is 10.6. The monoisotopic (exact) mass is 140 g/mol. The van der Waals surface area contributed by atoms with Crippen molar-refractivity contribution in [2.24, 2.45) is 0 Å². The fourth-order valence-electron chi connectivity index (χ4n) is 0.519. The van der Waals surface area contributed by atoms with Crippen LogP contribution in [0.5, 0.6) is 0 Å². The molecule has 5 heteroatoms. The van der Waals surface area contributed by atoms with Gasteiger partial charge >= 0.3 is 5.69 Å². The summed E-state index contributed by atoms with van der Waals surface area (Å²) in [5, 5.41) is 5.75. The molecule has 0 saturated carbocycles. The lowest BCUT2D eigenvalue weighted by Gasteiger charge is -2.07. The van der Waals surface area contributed by atoms with Crippen molar-refractivity contribution in [3.05, 3.63) is 16.7 Å². The standard InChI is InChI=1S/C5H8N4O/c1-9(2)4-3-6-8-5(10)7-4/h3H,1-2H3,(H,7,8,10). The van der Waals surface area contributed by atoms with E-state index in [1.54, 1.807) is 19.0 Å². The van der Waals surface area contributed by atoms with Crippen LogP contribution in [0, 0.1) is 0 Å². The predicted octanol–water partition coefficient (Wildman–Crippen LogP) is -0.769. The lowest BCUT2D eigenvalue weighted by Crippen LogP contribution is -2.19. The van der Waals surface area contributed by atoms with Gasteiger partial charge in [0.05, 0.1) is 6.20 Å². The highest BCUT2D eigenvalue weighted by Gasteiger charge is 1.95. The third-order valence-corrected chi connectivity index (χ3v) is 1.01. The van der Waals surface area contributed by atoms with Crippen molar-refractivity contribution in [3.63, 3.8) is 0 Å². The molecule has 0 aliphatic carbocycles. The molecule has 1 rings (SSSR count). The molecule has 0 atom stereocenters. The van der Waals surface area contributed by atoms with Crippen LogP contribution < -0.4 is 10.6 Å². The van der Waals surface area contributed by atoms with E-state index in [4.69, 9.17) is 0 Å². The molecule has 1 aromatic rings. The summed E-state index contributed by atoms with van der Waals surface area (Å²) in [6, 6.07) is 0. The molecule has 0 saturated heterocycles. The number of rotatable bonds is 1. The molecule has 1 N–H and O–H groups in total. The molecule has 10 heavy (non-hydrogen) atoms. The Morgan fingerprint density at radius 3 is 2.70 bits per heavy atom. The number of aromatic amines is 1. The van der Waals surface area contributed by atoms with Crippen LogP contribution in [-0.2, 0) is 0 Å². The first-order chi connectivity index (χ1) is 4.70. The van der Waals surface area contributed by atoms with Gasteiger partial charge in [-0.1, -0.05) is 0 Å². The van der Waals surface area contributed by atoms with Crippen molar-refractivity contribution in [2.75, 3.05) is 19.0 Å². The molecular formula is C5H8N4O. The molecular weight excluding hydrogens is 132 g/mol. The molecule has 0 aromatic carbocycles. The molecule has 0 spiro atoms. The second-order valence-electron chi connectivity index (χ2n) is 2.04. The summed E-state index contributed by atoms with van der Waals surface area (Å²) in [6.45, 7) is 0. The topological polar surface area (TPSA) is 61.9 Å². The van der Waals surface area contributed by atoms with Crippen molar-refractivity contribution < 1.29 is 0 Å².